The van der Waals surface area contributed by atoms with Crippen LogP contribution < -0.4 is 4.74 Å². The molecule has 0 atom stereocenters. The van der Waals surface area contributed by atoms with Crippen molar-refractivity contribution in [1.29, 1.82) is 0 Å². The van der Waals surface area contributed by atoms with E-state index in [4.69, 9.17) is 4.74 Å². The van der Waals surface area contributed by atoms with Gasteiger partial charge in [0.2, 0.25) is 0 Å². The van der Waals surface area contributed by atoms with E-state index in [9.17, 15) is 10.1 Å². The molecule has 17 heavy (non-hydrogen) atoms. The van der Waals surface area contributed by atoms with Crippen LogP contribution in [0.25, 0.3) is 0 Å². The maximum absolute atomic E-state index is 10.6. The number of hydrogen-bond donors (Lipinski definition) is 0. The summed E-state index contributed by atoms with van der Waals surface area (Å²) in [5, 5.41) is 11.2. The summed E-state index contributed by atoms with van der Waals surface area (Å²) in [7, 11) is 0. The Morgan fingerprint density at radius 1 is 1.47 bits per heavy atom. The van der Waals surface area contributed by atoms with Crippen molar-refractivity contribution < 1.29 is 9.66 Å². The molecule has 0 aromatic heterocycles. The number of ether oxygens (including phenoxy) is 1. The number of non-ortho nitro benzene ring substituents is 1. The van der Waals surface area contributed by atoms with Crippen molar-refractivity contribution in [1.82, 2.24) is 0 Å². The molecule has 0 fully saturated rings. The third kappa shape index (κ3) is 4.34. The second kappa shape index (κ2) is 6.59. The molecule has 5 heteroatoms. The van der Waals surface area contributed by atoms with Gasteiger partial charge in [0.05, 0.1) is 11.5 Å². The summed E-state index contributed by atoms with van der Waals surface area (Å²) >= 11 is 3.31. The summed E-state index contributed by atoms with van der Waals surface area (Å²) < 4.78 is 5.62. The average molecular weight is 302 g/mol. The topological polar surface area (TPSA) is 52.4 Å². The predicted molar refractivity (Wildman–Crippen MR) is 70.7 cm³/mol. The van der Waals surface area contributed by atoms with Crippen LogP contribution in [0.1, 0.15) is 25.8 Å². The number of nitro benzene ring substituents is 1. The molecular formula is C12H16BrNO3. The standard InChI is InChI=1S/C12H16BrNO3/c1-9(2)5-6-17-12-4-3-11(14(15)16)7-10(12)8-13/h3-4,7,9H,5-6,8H2,1-2H3. The lowest BCUT2D eigenvalue weighted by molar-refractivity contribution is -0.384. The lowest BCUT2D eigenvalue weighted by atomic mass is 10.1. The zero-order valence-corrected chi connectivity index (χ0v) is 11.6. The van der Waals surface area contributed by atoms with Gasteiger partial charge in [-0.3, -0.25) is 10.1 Å². The first-order valence-electron chi connectivity index (χ1n) is 5.50. The molecule has 0 amide bonds. The van der Waals surface area contributed by atoms with Crippen LogP contribution in [0.5, 0.6) is 5.75 Å². The van der Waals surface area contributed by atoms with Crippen LogP contribution in [0.4, 0.5) is 5.69 Å². The van der Waals surface area contributed by atoms with E-state index >= 15 is 0 Å². The third-order valence-corrected chi connectivity index (χ3v) is 2.96. The van der Waals surface area contributed by atoms with Crippen molar-refractivity contribution in [2.24, 2.45) is 5.92 Å². The molecule has 94 valence electrons. The molecule has 0 radical (unpaired) electrons. The Kier molecular flexibility index (Phi) is 5.41. The minimum absolute atomic E-state index is 0.0932. The van der Waals surface area contributed by atoms with E-state index in [-0.39, 0.29) is 5.69 Å². The Hall–Kier alpha value is -1.10. The number of halogens is 1. The normalized spacial score (nSPS) is 10.6. The number of hydrogen-bond acceptors (Lipinski definition) is 3. The highest BCUT2D eigenvalue weighted by molar-refractivity contribution is 9.08. The van der Waals surface area contributed by atoms with E-state index in [1.807, 2.05) is 0 Å². The summed E-state index contributed by atoms with van der Waals surface area (Å²) in [6.07, 6.45) is 0.971. The second-order valence-electron chi connectivity index (χ2n) is 4.21. The van der Waals surface area contributed by atoms with Gasteiger partial charge >= 0.3 is 0 Å². The summed E-state index contributed by atoms with van der Waals surface area (Å²) in [6, 6.07) is 4.67. The molecule has 0 aliphatic rings. The minimum Gasteiger partial charge on any atom is -0.493 e. The monoisotopic (exact) mass is 301 g/mol. The minimum atomic E-state index is -0.399. The number of nitro groups is 1. The zero-order chi connectivity index (χ0) is 12.8. The lowest BCUT2D eigenvalue weighted by Crippen LogP contribution is -2.03. The average Bonchev–Trinajstić information content (AvgIpc) is 2.28. The number of benzene rings is 1. The predicted octanol–water partition coefficient (Wildman–Crippen LogP) is 3.91. The van der Waals surface area contributed by atoms with Gasteiger partial charge in [-0.15, -0.1) is 0 Å². The summed E-state index contributed by atoms with van der Waals surface area (Å²) in [6.45, 7) is 4.89. The summed E-state index contributed by atoms with van der Waals surface area (Å²) in [4.78, 5) is 10.2. The van der Waals surface area contributed by atoms with Crippen molar-refractivity contribution in [3.05, 3.63) is 33.9 Å². The highest BCUT2D eigenvalue weighted by atomic mass is 79.9. The maximum Gasteiger partial charge on any atom is 0.270 e. The molecule has 0 N–H and O–H groups in total. The van der Waals surface area contributed by atoms with E-state index < -0.39 is 4.92 Å². The van der Waals surface area contributed by atoms with Gasteiger partial charge in [-0.25, -0.2) is 0 Å². The van der Waals surface area contributed by atoms with Crippen molar-refractivity contribution in [2.45, 2.75) is 25.6 Å². The van der Waals surface area contributed by atoms with E-state index in [1.54, 1.807) is 12.1 Å². The number of nitrogens with zero attached hydrogens (tertiary/aromatic N) is 1. The first-order valence-corrected chi connectivity index (χ1v) is 6.62. The van der Waals surface area contributed by atoms with Gasteiger partial charge < -0.3 is 4.74 Å². The molecule has 0 spiro atoms. The quantitative estimate of drug-likeness (QED) is 0.455. The molecule has 0 aliphatic carbocycles. The van der Waals surface area contributed by atoms with Gasteiger partial charge in [0, 0.05) is 23.0 Å². The largest absolute Gasteiger partial charge is 0.493 e. The van der Waals surface area contributed by atoms with Gasteiger partial charge in [-0.2, -0.15) is 0 Å². The molecular weight excluding hydrogens is 286 g/mol. The molecule has 0 saturated heterocycles. The first-order chi connectivity index (χ1) is 8.04. The van der Waals surface area contributed by atoms with Crippen LogP contribution in [-0.2, 0) is 5.33 Å². The fourth-order valence-corrected chi connectivity index (χ4v) is 1.77. The van der Waals surface area contributed by atoms with Crippen LogP contribution in [0.3, 0.4) is 0 Å². The summed E-state index contributed by atoms with van der Waals surface area (Å²) in [5.74, 6) is 1.30. The van der Waals surface area contributed by atoms with Gasteiger partial charge in [0.25, 0.3) is 5.69 Å². The van der Waals surface area contributed by atoms with E-state index in [0.29, 0.717) is 23.6 Å². The van der Waals surface area contributed by atoms with Gasteiger partial charge in [-0.1, -0.05) is 29.8 Å². The van der Waals surface area contributed by atoms with Crippen LogP contribution in [0.15, 0.2) is 18.2 Å². The highest BCUT2D eigenvalue weighted by Crippen LogP contribution is 2.26. The van der Waals surface area contributed by atoms with Gasteiger partial charge in [0.1, 0.15) is 5.75 Å². The molecule has 4 nitrogen and oxygen atoms in total. The Morgan fingerprint density at radius 2 is 2.18 bits per heavy atom. The lowest BCUT2D eigenvalue weighted by Gasteiger charge is -2.11. The Labute approximate surface area is 109 Å². The van der Waals surface area contributed by atoms with Crippen LogP contribution in [0.2, 0.25) is 0 Å². The first kappa shape index (κ1) is 14.0. The molecule has 1 aromatic rings. The zero-order valence-electron chi connectivity index (χ0n) is 9.98. The second-order valence-corrected chi connectivity index (χ2v) is 4.77. The molecule has 0 bridgehead atoms. The smallest absolute Gasteiger partial charge is 0.270 e. The van der Waals surface area contributed by atoms with Crippen LogP contribution >= 0.6 is 15.9 Å². The van der Waals surface area contributed by atoms with Crippen molar-refractivity contribution in [3.8, 4) is 5.75 Å². The van der Waals surface area contributed by atoms with E-state index in [0.717, 1.165) is 12.0 Å². The molecule has 1 aromatic carbocycles. The number of rotatable bonds is 6. The molecule has 0 aliphatic heterocycles. The van der Waals surface area contributed by atoms with Crippen molar-refractivity contribution in [3.63, 3.8) is 0 Å². The van der Waals surface area contributed by atoms with Gasteiger partial charge in [0.15, 0.2) is 0 Å². The van der Waals surface area contributed by atoms with Crippen LogP contribution in [0, 0.1) is 16.0 Å². The van der Waals surface area contributed by atoms with Crippen LogP contribution in [-0.4, -0.2) is 11.5 Å². The Morgan fingerprint density at radius 3 is 2.71 bits per heavy atom. The Balaban J connectivity index is 2.75. The van der Waals surface area contributed by atoms with E-state index in [2.05, 4.69) is 29.8 Å². The molecule has 0 unspecified atom stereocenters. The van der Waals surface area contributed by atoms with Crippen molar-refractivity contribution >= 4 is 21.6 Å². The van der Waals surface area contributed by atoms with Crippen molar-refractivity contribution in [2.75, 3.05) is 6.61 Å². The summed E-state index contributed by atoms with van der Waals surface area (Å²) in [5.41, 5.74) is 0.901. The van der Waals surface area contributed by atoms with E-state index in [1.165, 1.54) is 6.07 Å². The maximum atomic E-state index is 10.6. The third-order valence-electron chi connectivity index (χ3n) is 2.35. The highest BCUT2D eigenvalue weighted by Gasteiger charge is 2.10. The fourth-order valence-electron chi connectivity index (χ4n) is 1.33. The molecule has 1 rings (SSSR count). The SMILES string of the molecule is CC(C)CCOc1ccc([N+](=O)[O-])cc1CBr. The molecule has 0 heterocycles. The fraction of sp³-hybridized carbons (Fsp3) is 0.500. The Bertz CT molecular complexity index is 393. The van der Waals surface area contributed by atoms with Gasteiger partial charge in [-0.05, 0) is 18.4 Å². The molecule has 0 saturated carbocycles. The number of alkyl halides is 1.